The molecule has 0 spiro atoms. The highest BCUT2D eigenvalue weighted by atomic mass is 16.6. The topological polar surface area (TPSA) is 89.2 Å². The molecule has 0 radical (unpaired) electrons. The minimum absolute atomic E-state index is 0.112. The zero-order valence-electron chi connectivity index (χ0n) is 15.7. The van der Waals surface area contributed by atoms with Crippen molar-refractivity contribution in [2.75, 3.05) is 58.6 Å². The summed E-state index contributed by atoms with van der Waals surface area (Å²) >= 11 is 0. The molecular weight excluding hydrogens is 362 g/mol. The van der Waals surface area contributed by atoms with E-state index in [1.165, 1.54) is 0 Å². The molecule has 0 amide bonds. The summed E-state index contributed by atoms with van der Waals surface area (Å²) in [4.78, 5) is 12.7. The van der Waals surface area contributed by atoms with Gasteiger partial charge in [-0.3, -0.25) is 4.79 Å². The number of fused-ring (bicyclic) bond motifs is 1. The van der Waals surface area contributed by atoms with Gasteiger partial charge in [0, 0.05) is 16.8 Å². The van der Waals surface area contributed by atoms with Crippen molar-refractivity contribution in [3.8, 4) is 11.5 Å². The molecule has 7 heteroatoms. The van der Waals surface area contributed by atoms with Crippen molar-refractivity contribution < 1.29 is 28.5 Å². The van der Waals surface area contributed by atoms with Crippen LogP contribution < -0.4 is 15.2 Å². The number of rotatable bonds is 2. The van der Waals surface area contributed by atoms with Crippen molar-refractivity contribution in [3.63, 3.8) is 0 Å². The lowest BCUT2D eigenvalue weighted by atomic mass is 10.0. The highest BCUT2D eigenvalue weighted by Gasteiger charge is 2.14. The third-order valence-electron chi connectivity index (χ3n) is 4.09. The molecule has 2 aromatic carbocycles. The smallest absolute Gasteiger partial charge is 0.193 e. The number of hydrogen-bond donors (Lipinski definition) is 1. The first-order chi connectivity index (χ1) is 13.7. The van der Waals surface area contributed by atoms with Crippen molar-refractivity contribution in [1.29, 1.82) is 0 Å². The number of hydrogen-bond acceptors (Lipinski definition) is 7. The first kappa shape index (κ1) is 20.1. The van der Waals surface area contributed by atoms with Gasteiger partial charge in [0.05, 0.1) is 39.6 Å². The van der Waals surface area contributed by atoms with Gasteiger partial charge in [-0.15, -0.1) is 0 Å². The number of benzene rings is 2. The lowest BCUT2D eigenvalue weighted by Gasteiger charge is -2.14. The number of carbonyl (C=O) groups excluding carboxylic acids is 1. The Morgan fingerprint density at radius 2 is 1.14 bits per heavy atom. The average Bonchev–Trinajstić information content (AvgIpc) is 2.72. The molecule has 0 fully saturated rings. The monoisotopic (exact) mass is 387 g/mol. The first-order valence-electron chi connectivity index (χ1n) is 9.27. The second-order valence-corrected chi connectivity index (χ2v) is 6.15. The first-order valence-corrected chi connectivity index (χ1v) is 9.27. The van der Waals surface area contributed by atoms with E-state index in [2.05, 4.69) is 0 Å². The SMILES string of the molecule is Nc1ccc(C(=O)c2ccc3c(c2)OCCOCCOCCOCCO3)cc1. The third-order valence-corrected chi connectivity index (χ3v) is 4.09. The lowest BCUT2D eigenvalue weighted by molar-refractivity contribution is 0.00708. The molecule has 3 rings (SSSR count). The Kier molecular flexibility index (Phi) is 7.66. The van der Waals surface area contributed by atoms with Gasteiger partial charge in [0.2, 0.25) is 0 Å². The Labute approximate surface area is 164 Å². The van der Waals surface area contributed by atoms with Gasteiger partial charge in [-0.1, -0.05) is 0 Å². The third kappa shape index (κ3) is 5.95. The normalized spacial score (nSPS) is 16.6. The quantitative estimate of drug-likeness (QED) is 0.625. The van der Waals surface area contributed by atoms with Gasteiger partial charge in [-0.2, -0.15) is 0 Å². The van der Waals surface area contributed by atoms with Crippen LogP contribution in [0.15, 0.2) is 42.5 Å². The maximum absolute atomic E-state index is 12.7. The fourth-order valence-corrected chi connectivity index (χ4v) is 2.65. The molecule has 2 N–H and O–H groups in total. The summed E-state index contributed by atoms with van der Waals surface area (Å²) in [5.41, 5.74) is 7.37. The van der Waals surface area contributed by atoms with Crippen molar-refractivity contribution in [1.82, 2.24) is 0 Å². The molecule has 0 bridgehead atoms. The molecule has 0 atom stereocenters. The standard InChI is InChI=1S/C21H25NO6/c22-18-4-1-16(2-5-18)21(23)17-3-6-19-20(15-17)28-14-12-26-10-8-24-7-9-25-11-13-27-19/h1-6,15H,7-14,22H2. The molecule has 0 aromatic heterocycles. The van der Waals surface area contributed by atoms with E-state index in [9.17, 15) is 4.79 Å². The number of anilines is 1. The Balaban J connectivity index is 1.74. The summed E-state index contributed by atoms with van der Waals surface area (Å²) < 4.78 is 27.9. The second-order valence-electron chi connectivity index (χ2n) is 6.15. The number of ketones is 1. The van der Waals surface area contributed by atoms with Crippen LogP contribution in [0.2, 0.25) is 0 Å². The molecule has 1 aliphatic rings. The Hall–Kier alpha value is -2.61. The van der Waals surface area contributed by atoms with Crippen LogP contribution in [0.4, 0.5) is 5.69 Å². The van der Waals surface area contributed by atoms with E-state index in [4.69, 9.17) is 29.4 Å². The molecule has 2 aromatic rings. The van der Waals surface area contributed by atoms with Crippen LogP contribution in [0.1, 0.15) is 15.9 Å². The van der Waals surface area contributed by atoms with Crippen LogP contribution in [0.25, 0.3) is 0 Å². The number of nitrogens with two attached hydrogens (primary N) is 1. The van der Waals surface area contributed by atoms with Crippen molar-refractivity contribution in [2.45, 2.75) is 0 Å². The Morgan fingerprint density at radius 3 is 1.75 bits per heavy atom. The number of nitrogen functional groups attached to an aromatic ring is 1. The maximum Gasteiger partial charge on any atom is 0.193 e. The van der Waals surface area contributed by atoms with Crippen molar-refractivity contribution in [3.05, 3.63) is 53.6 Å². The fraction of sp³-hybridized carbons (Fsp3) is 0.381. The van der Waals surface area contributed by atoms with E-state index in [1.807, 2.05) is 0 Å². The number of carbonyl (C=O) groups is 1. The number of ether oxygens (including phenoxy) is 5. The van der Waals surface area contributed by atoms with E-state index in [0.29, 0.717) is 81.2 Å². The average molecular weight is 387 g/mol. The summed E-state index contributed by atoms with van der Waals surface area (Å²) in [6.07, 6.45) is 0. The predicted octanol–water partition coefficient (Wildman–Crippen LogP) is 2.32. The molecule has 1 aliphatic heterocycles. The largest absolute Gasteiger partial charge is 0.487 e. The molecular formula is C21H25NO6. The molecule has 0 saturated heterocycles. The van der Waals surface area contributed by atoms with E-state index in [1.54, 1.807) is 42.5 Å². The molecule has 0 unspecified atom stereocenters. The molecule has 0 saturated carbocycles. The van der Waals surface area contributed by atoms with Crippen LogP contribution in [0, 0.1) is 0 Å². The summed E-state index contributed by atoms with van der Waals surface area (Å²) in [7, 11) is 0. The Morgan fingerprint density at radius 1 is 0.643 bits per heavy atom. The minimum atomic E-state index is -0.112. The summed E-state index contributed by atoms with van der Waals surface area (Å²) in [6.45, 7) is 3.58. The van der Waals surface area contributed by atoms with E-state index in [-0.39, 0.29) is 5.78 Å². The van der Waals surface area contributed by atoms with Gasteiger partial charge in [-0.05, 0) is 42.5 Å². The fourth-order valence-electron chi connectivity index (χ4n) is 2.65. The minimum Gasteiger partial charge on any atom is -0.487 e. The highest BCUT2D eigenvalue weighted by Crippen LogP contribution is 2.29. The van der Waals surface area contributed by atoms with Gasteiger partial charge in [0.15, 0.2) is 17.3 Å². The maximum atomic E-state index is 12.7. The lowest BCUT2D eigenvalue weighted by Crippen LogP contribution is -2.13. The van der Waals surface area contributed by atoms with Crippen LogP contribution in [0.5, 0.6) is 11.5 Å². The van der Waals surface area contributed by atoms with Crippen LogP contribution in [0.3, 0.4) is 0 Å². The van der Waals surface area contributed by atoms with Gasteiger partial charge in [0.25, 0.3) is 0 Å². The van der Waals surface area contributed by atoms with Gasteiger partial charge in [-0.25, -0.2) is 0 Å². The van der Waals surface area contributed by atoms with Crippen molar-refractivity contribution >= 4 is 11.5 Å². The van der Waals surface area contributed by atoms with E-state index in [0.717, 1.165) is 0 Å². The van der Waals surface area contributed by atoms with Crippen LogP contribution in [-0.2, 0) is 14.2 Å². The Bertz CT molecular complexity index is 762. The molecule has 28 heavy (non-hydrogen) atoms. The summed E-state index contributed by atoms with van der Waals surface area (Å²) in [6, 6.07) is 12.0. The van der Waals surface area contributed by atoms with E-state index >= 15 is 0 Å². The molecule has 150 valence electrons. The second kappa shape index (κ2) is 10.7. The zero-order valence-corrected chi connectivity index (χ0v) is 15.7. The van der Waals surface area contributed by atoms with Crippen LogP contribution >= 0.6 is 0 Å². The van der Waals surface area contributed by atoms with Gasteiger partial charge >= 0.3 is 0 Å². The molecule has 7 nitrogen and oxygen atoms in total. The molecule has 1 heterocycles. The summed E-state index contributed by atoms with van der Waals surface area (Å²) in [5.74, 6) is 0.943. The molecule has 0 aliphatic carbocycles. The van der Waals surface area contributed by atoms with Gasteiger partial charge < -0.3 is 29.4 Å². The predicted molar refractivity (Wildman–Crippen MR) is 104 cm³/mol. The highest BCUT2D eigenvalue weighted by molar-refractivity contribution is 6.09. The van der Waals surface area contributed by atoms with Crippen LogP contribution in [-0.4, -0.2) is 58.6 Å². The van der Waals surface area contributed by atoms with Crippen molar-refractivity contribution in [2.24, 2.45) is 0 Å². The zero-order chi connectivity index (χ0) is 19.6. The summed E-state index contributed by atoms with van der Waals surface area (Å²) in [5, 5.41) is 0. The van der Waals surface area contributed by atoms with Gasteiger partial charge in [0.1, 0.15) is 13.2 Å². The van der Waals surface area contributed by atoms with E-state index < -0.39 is 0 Å².